The van der Waals surface area contributed by atoms with E-state index in [9.17, 15) is 9.59 Å². The first-order valence-corrected chi connectivity index (χ1v) is 8.87. The maximum absolute atomic E-state index is 12.4. The topological polar surface area (TPSA) is 71.2 Å². The van der Waals surface area contributed by atoms with Gasteiger partial charge in [-0.15, -0.1) is 0 Å². The van der Waals surface area contributed by atoms with E-state index in [0.29, 0.717) is 17.9 Å². The number of pyridine rings is 1. The van der Waals surface area contributed by atoms with Crippen LogP contribution in [0, 0.1) is 0 Å². The Morgan fingerprint density at radius 3 is 2.65 bits per heavy atom. The summed E-state index contributed by atoms with van der Waals surface area (Å²) in [7, 11) is 0. The molecule has 0 saturated heterocycles. The van der Waals surface area contributed by atoms with Gasteiger partial charge in [-0.3, -0.25) is 9.59 Å². The Balaban J connectivity index is 1.60. The maximum Gasteiger partial charge on any atom is 0.255 e. The largest absolute Gasteiger partial charge is 0.494 e. The molecule has 132 valence electrons. The zero-order valence-corrected chi connectivity index (χ0v) is 14.6. The molecule has 1 aromatic heterocycles. The number of carbonyl (C=O) groups excluding carboxylic acids is 1. The van der Waals surface area contributed by atoms with Gasteiger partial charge in [0.2, 0.25) is 0 Å². The van der Waals surface area contributed by atoms with Gasteiger partial charge in [0, 0.05) is 22.2 Å². The third-order valence-corrected chi connectivity index (χ3v) is 4.77. The van der Waals surface area contributed by atoms with E-state index in [0.717, 1.165) is 47.0 Å². The quantitative estimate of drug-likeness (QED) is 0.756. The number of anilines is 1. The van der Waals surface area contributed by atoms with Gasteiger partial charge in [0.1, 0.15) is 5.75 Å². The zero-order chi connectivity index (χ0) is 18.1. The molecule has 5 nitrogen and oxygen atoms in total. The Hall–Kier alpha value is -3.08. The van der Waals surface area contributed by atoms with Crippen LogP contribution in [0.2, 0.25) is 0 Å². The van der Waals surface area contributed by atoms with Gasteiger partial charge in [-0.05, 0) is 68.1 Å². The Kier molecular flexibility index (Phi) is 4.21. The summed E-state index contributed by atoms with van der Waals surface area (Å²) < 4.78 is 5.39. The molecular weight excluding hydrogens is 328 g/mol. The van der Waals surface area contributed by atoms with E-state index in [2.05, 4.69) is 10.3 Å². The van der Waals surface area contributed by atoms with E-state index >= 15 is 0 Å². The van der Waals surface area contributed by atoms with Gasteiger partial charge in [0.25, 0.3) is 11.5 Å². The van der Waals surface area contributed by atoms with Crippen molar-refractivity contribution in [2.75, 3.05) is 11.9 Å². The lowest BCUT2D eigenvalue weighted by Gasteiger charge is -2.09. The van der Waals surface area contributed by atoms with Crippen LogP contribution in [0.3, 0.4) is 0 Å². The lowest BCUT2D eigenvalue weighted by Crippen LogP contribution is -2.14. The fourth-order valence-electron chi connectivity index (χ4n) is 3.55. The molecule has 0 fully saturated rings. The van der Waals surface area contributed by atoms with E-state index in [1.807, 2.05) is 25.1 Å². The number of aromatic nitrogens is 1. The normalized spacial score (nSPS) is 12.8. The fraction of sp³-hybridized carbons (Fsp3) is 0.238. The number of carbonyl (C=O) groups is 1. The minimum Gasteiger partial charge on any atom is -0.494 e. The van der Waals surface area contributed by atoms with Gasteiger partial charge in [-0.1, -0.05) is 6.07 Å². The Morgan fingerprint density at radius 1 is 1.12 bits per heavy atom. The summed E-state index contributed by atoms with van der Waals surface area (Å²) in [5.41, 5.74) is 4.01. The summed E-state index contributed by atoms with van der Waals surface area (Å²) in [6.45, 7) is 2.50. The minimum absolute atomic E-state index is 0.0139. The molecule has 1 aliphatic carbocycles. The van der Waals surface area contributed by atoms with Crippen molar-refractivity contribution < 1.29 is 9.53 Å². The van der Waals surface area contributed by atoms with Crippen LogP contribution in [0.4, 0.5) is 5.69 Å². The molecule has 1 heterocycles. The van der Waals surface area contributed by atoms with Gasteiger partial charge < -0.3 is 15.0 Å². The first-order chi connectivity index (χ1) is 12.7. The first-order valence-electron chi connectivity index (χ1n) is 8.87. The van der Waals surface area contributed by atoms with Crippen molar-refractivity contribution in [2.45, 2.75) is 26.2 Å². The van der Waals surface area contributed by atoms with Crippen LogP contribution in [-0.2, 0) is 12.8 Å². The molecule has 0 radical (unpaired) electrons. The third kappa shape index (κ3) is 2.96. The van der Waals surface area contributed by atoms with E-state index in [-0.39, 0.29) is 11.5 Å². The van der Waals surface area contributed by atoms with Gasteiger partial charge in [-0.2, -0.15) is 0 Å². The van der Waals surface area contributed by atoms with Gasteiger partial charge in [0.15, 0.2) is 0 Å². The van der Waals surface area contributed by atoms with E-state index in [1.165, 1.54) is 0 Å². The highest BCUT2D eigenvalue weighted by atomic mass is 16.5. The maximum atomic E-state index is 12.4. The second-order valence-corrected chi connectivity index (χ2v) is 6.44. The smallest absolute Gasteiger partial charge is 0.255 e. The number of hydrogen-bond donors (Lipinski definition) is 2. The molecule has 1 aliphatic rings. The van der Waals surface area contributed by atoms with Crippen LogP contribution in [0.25, 0.3) is 10.9 Å². The molecule has 2 N–H and O–H groups in total. The highest BCUT2D eigenvalue weighted by molar-refractivity contribution is 6.05. The second-order valence-electron chi connectivity index (χ2n) is 6.44. The van der Waals surface area contributed by atoms with Crippen molar-refractivity contribution in [1.82, 2.24) is 4.98 Å². The molecule has 0 unspecified atom stereocenters. The summed E-state index contributed by atoms with van der Waals surface area (Å²) in [5.74, 6) is 0.539. The van der Waals surface area contributed by atoms with E-state index < -0.39 is 0 Å². The molecule has 1 amide bonds. The zero-order valence-electron chi connectivity index (χ0n) is 14.6. The summed E-state index contributed by atoms with van der Waals surface area (Å²) >= 11 is 0. The molecule has 0 saturated carbocycles. The number of hydrogen-bond acceptors (Lipinski definition) is 3. The third-order valence-electron chi connectivity index (χ3n) is 4.77. The number of fused-ring (bicyclic) bond motifs is 3. The van der Waals surface area contributed by atoms with E-state index in [4.69, 9.17) is 4.74 Å². The van der Waals surface area contributed by atoms with E-state index in [1.54, 1.807) is 24.3 Å². The van der Waals surface area contributed by atoms with Crippen molar-refractivity contribution in [3.8, 4) is 5.75 Å². The lowest BCUT2D eigenvalue weighted by atomic mass is 10.1. The van der Waals surface area contributed by atoms with Crippen molar-refractivity contribution in [3.05, 3.63) is 69.5 Å². The number of rotatable bonds is 4. The monoisotopic (exact) mass is 348 g/mol. The van der Waals surface area contributed by atoms with Crippen LogP contribution >= 0.6 is 0 Å². The van der Waals surface area contributed by atoms with Crippen LogP contribution in [-0.4, -0.2) is 17.5 Å². The van der Waals surface area contributed by atoms with Crippen molar-refractivity contribution in [3.63, 3.8) is 0 Å². The Morgan fingerprint density at radius 2 is 1.88 bits per heavy atom. The second kappa shape index (κ2) is 6.67. The number of benzene rings is 2. The van der Waals surface area contributed by atoms with Gasteiger partial charge >= 0.3 is 0 Å². The lowest BCUT2D eigenvalue weighted by molar-refractivity contribution is 0.102. The van der Waals surface area contributed by atoms with Gasteiger partial charge in [0.05, 0.1) is 12.1 Å². The molecule has 0 bridgehead atoms. The van der Waals surface area contributed by atoms with Gasteiger partial charge in [-0.25, -0.2) is 0 Å². The number of ether oxygens (including phenoxy) is 1. The molecule has 26 heavy (non-hydrogen) atoms. The number of aryl methyl sites for hydroxylation is 1. The number of nitrogens with one attached hydrogen (secondary N) is 2. The standard InChI is InChI=1S/C21H20N2O3/c1-2-26-15-9-6-13(7-10-15)20(24)22-14-8-11-17-16-4-3-5-18(16)21(25)23-19(17)12-14/h6-12H,2-5H2,1H3,(H,22,24)(H,23,25). The Bertz CT molecular complexity index is 1040. The molecule has 2 aromatic carbocycles. The average molecular weight is 348 g/mol. The molecule has 0 spiro atoms. The number of amides is 1. The summed E-state index contributed by atoms with van der Waals surface area (Å²) in [6.07, 6.45) is 2.80. The number of aromatic amines is 1. The molecule has 0 aliphatic heterocycles. The summed E-state index contributed by atoms with van der Waals surface area (Å²) in [5, 5.41) is 3.95. The number of H-pyrrole nitrogens is 1. The summed E-state index contributed by atoms with van der Waals surface area (Å²) in [4.78, 5) is 27.6. The van der Waals surface area contributed by atoms with Crippen LogP contribution in [0.15, 0.2) is 47.3 Å². The van der Waals surface area contributed by atoms with Crippen molar-refractivity contribution in [2.24, 2.45) is 0 Å². The first kappa shape index (κ1) is 16.4. The molecule has 4 rings (SSSR count). The van der Waals surface area contributed by atoms with Crippen molar-refractivity contribution >= 4 is 22.5 Å². The van der Waals surface area contributed by atoms with Crippen LogP contribution in [0.1, 0.15) is 34.8 Å². The highest BCUT2D eigenvalue weighted by Gasteiger charge is 2.18. The fourth-order valence-corrected chi connectivity index (χ4v) is 3.55. The summed E-state index contributed by atoms with van der Waals surface area (Å²) in [6, 6.07) is 12.7. The predicted octanol–water partition coefficient (Wildman–Crippen LogP) is 3.67. The molecular formula is C21H20N2O3. The minimum atomic E-state index is -0.198. The predicted molar refractivity (Wildman–Crippen MR) is 102 cm³/mol. The van der Waals surface area contributed by atoms with Crippen LogP contribution < -0.4 is 15.6 Å². The molecule has 0 atom stereocenters. The van der Waals surface area contributed by atoms with Crippen LogP contribution in [0.5, 0.6) is 5.75 Å². The molecule has 3 aromatic rings. The SMILES string of the molecule is CCOc1ccc(C(=O)Nc2ccc3c4c(c(=O)[nH]c3c2)CCC4)cc1. The average Bonchev–Trinajstić information content (AvgIpc) is 3.13. The Labute approximate surface area is 151 Å². The highest BCUT2D eigenvalue weighted by Crippen LogP contribution is 2.28. The molecule has 5 heteroatoms. The van der Waals surface area contributed by atoms with Crippen molar-refractivity contribution in [1.29, 1.82) is 0 Å².